The summed E-state index contributed by atoms with van der Waals surface area (Å²) in [6, 6.07) is 7.48. The van der Waals surface area contributed by atoms with Gasteiger partial charge in [-0.05, 0) is 41.9 Å². The highest BCUT2D eigenvalue weighted by Crippen LogP contribution is 2.25. The fraction of sp³-hybridized carbons (Fsp3) is 0.308. The van der Waals surface area contributed by atoms with Crippen LogP contribution in [0.5, 0.6) is 5.75 Å². The molecule has 0 unspecified atom stereocenters. The molecule has 0 aliphatic carbocycles. The maximum atomic E-state index is 5.84. The zero-order chi connectivity index (χ0) is 13.1. The number of aromatic nitrogens is 2. The van der Waals surface area contributed by atoms with Gasteiger partial charge in [0.2, 0.25) is 0 Å². The zero-order valence-corrected chi connectivity index (χ0v) is 12.1. The van der Waals surface area contributed by atoms with Gasteiger partial charge in [-0.2, -0.15) is 5.10 Å². The third-order valence-corrected chi connectivity index (χ3v) is 3.77. The van der Waals surface area contributed by atoms with E-state index < -0.39 is 0 Å². The topological polar surface area (TPSA) is 53.1 Å². The second-order valence-corrected chi connectivity index (χ2v) is 4.78. The summed E-state index contributed by atoms with van der Waals surface area (Å²) in [5.41, 5.74) is 8.48. The average Bonchev–Trinajstić information content (AvgIpc) is 2.65. The predicted molar refractivity (Wildman–Crippen MR) is 75.5 cm³/mol. The molecule has 0 atom stereocenters. The van der Waals surface area contributed by atoms with Crippen LogP contribution >= 0.6 is 15.9 Å². The van der Waals surface area contributed by atoms with Crippen molar-refractivity contribution in [2.45, 2.75) is 27.0 Å². The maximum Gasteiger partial charge on any atom is 0.142 e. The van der Waals surface area contributed by atoms with Crippen LogP contribution in [-0.2, 0) is 13.2 Å². The molecule has 0 fully saturated rings. The molecule has 2 rings (SSSR count). The summed E-state index contributed by atoms with van der Waals surface area (Å²) in [7, 11) is 0. The van der Waals surface area contributed by atoms with E-state index in [9.17, 15) is 0 Å². The van der Waals surface area contributed by atoms with Crippen molar-refractivity contribution in [1.29, 1.82) is 0 Å². The number of aryl methyl sites for hydroxylation is 2. The maximum absolute atomic E-state index is 5.84. The SMILES string of the molecule is CCn1nc(C)c(Br)c1COc1ccccc1N. The van der Waals surface area contributed by atoms with Crippen molar-refractivity contribution >= 4 is 21.6 Å². The van der Waals surface area contributed by atoms with Crippen molar-refractivity contribution in [3.05, 3.63) is 40.1 Å². The standard InChI is InChI=1S/C13H16BrN3O/c1-3-17-11(13(14)9(2)16-17)8-18-12-7-5-4-6-10(12)15/h4-7H,3,8,15H2,1-2H3. The molecule has 1 aromatic carbocycles. The highest BCUT2D eigenvalue weighted by molar-refractivity contribution is 9.10. The zero-order valence-electron chi connectivity index (χ0n) is 10.5. The average molecular weight is 310 g/mol. The molecule has 0 aliphatic heterocycles. The van der Waals surface area contributed by atoms with Crippen molar-refractivity contribution in [3.8, 4) is 5.75 Å². The fourth-order valence-corrected chi connectivity index (χ4v) is 2.16. The largest absolute Gasteiger partial charge is 0.485 e. The third-order valence-electron chi connectivity index (χ3n) is 2.74. The van der Waals surface area contributed by atoms with E-state index in [0.717, 1.165) is 22.4 Å². The molecule has 1 heterocycles. The van der Waals surface area contributed by atoms with Crippen molar-refractivity contribution in [2.75, 3.05) is 5.73 Å². The van der Waals surface area contributed by atoms with E-state index in [1.807, 2.05) is 35.9 Å². The second kappa shape index (κ2) is 5.44. The molecule has 0 bridgehead atoms. The van der Waals surface area contributed by atoms with Gasteiger partial charge in [-0.15, -0.1) is 0 Å². The van der Waals surface area contributed by atoms with E-state index in [-0.39, 0.29) is 0 Å². The Labute approximate surface area is 115 Å². The lowest BCUT2D eigenvalue weighted by Gasteiger charge is -2.10. The molecule has 18 heavy (non-hydrogen) atoms. The first-order valence-corrected chi connectivity index (χ1v) is 6.61. The molecule has 0 aliphatic rings. The lowest BCUT2D eigenvalue weighted by molar-refractivity contribution is 0.293. The second-order valence-electron chi connectivity index (χ2n) is 3.99. The van der Waals surface area contributed by atoms with Crippen molar-refractivity contribution < 1.29 is 4.74 Å². The molecule has 1 aromatic heterocycles. The molecular formula is C13H16BrN3O. The van der Waals surface area contributed by atoms with Crippen LogP contribution < -0.4 is 10.5 Å². The number of nitrogens with two attached hydrogens (primary N) is 1. The lowest BCUT2D eigenvalue weighted by atomic mass is 10.3. The number of nitrogen functional groups attached to an aromatic ring is 1. The van der Waals surface area contributed by atoms with Crippen molar-refractivity contribution in [2.24, 2.45) is 0 Å². The lowest BCUT2D eigenvalue weighted by Crippen LogP contribution is -2.07. The minimum Gasteiger partial charge on any atom is -0.485 e. The molecule has 0 saturated heterocycles. The Hall–Kier alpha value is -1.49. The molecule has 2 N–H and O–H groups in total. The van der Waals surface area contributed by atoms with Crippen LogP contribution in [0.2, 0.25) is 0 Å². The Balaban J connectivity index is 2.18. The monoisotopic (exact) mass is 309 g/mol. The molecule has 0 spiro atoms. The summed E-state index contributed by atoms with van der Waals surface area (Å²) in [4.78, 5) is 0. The number of halogens is 1. The van der Waals surface area contributed by atoms with Gasteiger partial charge in [0.05, 0.1) is 21.5 Å². The van der Waals surface area contributed by atoms with Gasteiger partial charge in [-0.25, -0.2) is 0 Å². The summed E-state index contributed by atoms with van der Waals surface area (Å²) in [6.07, 6.45) is 0. The van der Waals surface area contributed by atoms with Crippen LogP contribution in [0.3, 0.4) is 0 Å². The van der Waals surface area contributed by atoms with Crippen LogP contribution in [0.4, 0.5) is 5.69 Å². The quantitative estimate of drug-likeness (QED) is 0.883. The number of nitrogens with zero attached hydrogens (tertiary/aromatic N) is 2. The van der Waals surface area contributed by atoms with Crippen LogP contribution in [0.1, 0.15) is 18.3 Å². The first-order chi connectivity index (χ1) is 8.63. The number of rotatable bonds is 4. The van der Waals surface area contributed by atoms with Crippen LogP contribution in [0.25, 0.3) is 0 Å². The highest BCUT2D eigenvalue weighted by atomic mass is 79.9. The Morgan fingerprint density at radius 2 is 2.11 bits per heavy atom. The van der Waals surface area contributed by atoms with E-state index >= 15 is 0 Å². The van der Waals surface area contributed by atoms with Gasteiger partial charge in [-0.3, -0.25) is 4.68 Å². The van der Waals surface area contributed by atoms with Crippen molar-refractivity contribution in [3.63, 3.8) is 0 Å². The molecule has 0 radical (unpaired) electrons. The van der Waals surface area contributed by atoms with Crippen LogP contribution in [-0.4, -0.2) is 9.78 Å². The third kappa shape index (κ3) is 2.51. The molecule has 0 saturated carbocycles. The summed E-state index contributed by atoms with van der Waals surface area (Å²) < 4.78 is 8.67. The summed E-state index contributed by atoms with van der Waals surface area (Å²) >= 11 is 3.54. The summed E-state index contributed by atoms with van der Waals surface area (Å²) in [5, 5.41) is 4.42. The van der Waals surface area contributed by atoms with Crippen molar-refractivity contribution in [1.82, 2.24) is 9.78 Å². The molecule has 0 amide bonds. The Bertz CT molecular complexity index is 551. The molecular weight excluding hydrogens is 294 g/mol. The van der Waals surface area contributed by atoms with Gasteiger partial charge in [0.1, 0.15) is 12.4 Å². The number of para-hydroxylation sites is 2. The minimum absolute atomic E-state index is 0.448. The molecule has 5 heteroatoms. The minimum atomic E-state index is 0.448. The number of benzene rings is 1. The fourth-order valence-electron chi connectivity index (χ4n) is 1.76. The predicted octanol–water partition coefficient (Wildman–Crippen LogP) is 3.14. The van der Waals surface area contributed by atoms with Gasteiger partial charge < -0.3 is 10.5 Å². The van der Waals surface area contributed by atoms with Gasteiger partial charge in [0, 0.05) is 6.54 Å². The smallest absolute Gasteiger partial charge is 0.142 e. The first kappa shape index (κ1) is 13.0. The molecule has 2 aromatic rings. The molecule has 96 valence electrons. The van der Waals surface area contributed by atoms with E-state index in [4.69, 9.17) is 10.5 Å². The first-order valence-electron chi connectivity index (χ1n) is 5.82. The van der Waals surface area contributed by atoms with E-state index in [0.29, 0.717) is 18.0 Å². The van der Waals surface area contributed by atoms with E-state index in [1.165, 1.54) is 0 Å². The molecule has 4 nitrogen and oxygen atoms in total. The normalized spacial score (nSPS) is 10.6. The van der Waals surface area contributed by atoms with Crippen LogP contribution in [0.15, 0.2) is 28.7 Å². The van der Waals surface area contributed by atoms with E-state index in [1.54, 1.807) is 0 Å². The van der Waals surface area contributed by atoms with Gasteiger partial charge in [0.25, 0.3) is 0 Å². The Morgan fingerprint density at radius 3 is 2.78 bits per heavy atom. The van der Waals surface area contributed by atoms with Crippen LogP contribution in [0, 0.1) is 6.92 Å². The number of anilines is 1. The summed E-state index contributed by atoms with van der Waals surface area (Å²) in [6.45, 7) is 5.29. The highest BCUT2D eigenvalue weighted by Gasteiger charge is 2.12. The van der Waals surface area contributed by atoms with Gasteiger partial charge >= 0.3 is 0 Å². The Morgan fingerprint density at radius 1 is 1.39 bits per heavy atom. The number of hydrogen-bond donors (Lipinski definition) is 1. The summed E-state index contributed by atoms with van der Waals surface area (Å²) in [5.74, 6) is 0.700. The Kier molecular flexibility index (Phi) is 3.91. The van der Waals surface area contributed by atoms with Gasteiger partial charge in [0.15, 0.2) is 0 Å². The van der Waals surface area contributed by atoms with Gasteiger partial charge in [-0.1, -0.05) is 12.1 Å². The number of hydrogen-bond acceptors (Lipinski definition) is 3. The van der Waals surface area contributed by atoms with E-state index in [2.05, 4.69) is 28.0 Å². The number of ether oxygens (including phenoxy) is 1.